The fourth-order valence-electron chi connectivity index (χ4n) is 2.02. The van der Waals surface area contributed by atoms with Crippen LogP contribution < -0.4 is 5.73 Å². The normalized spacial score (nSPS) is 12.6. The van der Waals surface area contributed by atoms with E-state index in [4.69, 9.17) is 5.73 Å². The molecule has 2 rings (SSSR count). The van der Waals surface area contributed by atoms with Crippen LogP contribution in [0.5, 0.6) is 0 Å². The molecule has 2 heterocycles. The summed E-state index contributed by atoms with van der Waals surface area (Å²) in [5.41, 5.74) is 8.38. The van der Waals surface area contributed by atoms with E-state index in [0.29, 0.717) is 0 Å². The van der Waals surface area contributed by atoms with Gasteiger partial charge in [0.05, 0.1) is 5.69 Å². The monoisotopic (exact) mass is 230 g/mol. The fraction of sp³-hybridized carbons (Fsp3) is 0.385. The Balaban J connectivity index is 2.40. The Hall–Kier alpha value is -1.68. The lowest BCUT2D eigenvalue weighted by molar-refractivity contribution is 0.643. The molecular formula is C13H18N4. The van der Waals surface area contributed by atoms with E-state index in [1.165, 1.54) is 5.56 Å². The lowest BCUT2D eigenvalue weighted by Crippen LogP contribution is -2.20. The van der Waals surface area contributed by atoms with E-state index >= 15 is 0 Å². The van der Waals surface area contributed by atoms with Gasteiger partial charge < -0.3 is 10.3 Å². The van der Waals surface area contributed by atoms with E-state index in [0.717, 1.165) is 24.5 Å². The second-order valence-corrected chi connectivity index (χ2v) is 3.95. The smallest absolute Gasteiger partial charge is 0.131 e. The van der Waals surface area contributed by atoms with Crippen molar-refractivity contribution < 1.29 is 0 Å². The van der Waals surface area contributed by atoms with Crippen molar-refractivity contribution in [2.24, 2.45) is 5.73 Å². The average molecular weight is 230 g/mol. The molecule has 2 aromatic rings. The van der Waals surface area contributed by atoms with E-state index in [1.807, 2.05) is 12.3 Å². The molecule has 0 aliphatic heterocycles. The Kier molecular flexibility index (Phi) is 3.54. The molecule has 0 aromatic carbocycles. The van der Waals surface area contributed by atoms with E-state index < -0.39 is 0 Å². The van der Waals surface area contributed by atoms with Gasteiger partial charge in [0.1, 0.15) is 11.9 Å². The minimum absolute atomic E-state index is 0.249. The second kappa shape index (κ2) is 5.10. The summed E-state index contributed by atoms with van der Waals surface area (Å²) < 4.78 is 2.05. The quantitative estimate of drug-likeness (QED) is 0.872. The molecule has 4 nitrogen and oxygen atoms in total. The van der Waals surface area contributed by atoms with Gasteiger partial charge in [0.15, 0.2) is 0 Å². The number of aryl methyl sites for hydroxylation is 2. The van der Waals surface area contributed by atoms with Crippen LogP contribution in [-0.2, 0) is 13.0 Å². The lowest BCUT2D eigenvalue weighted by atomic mass is 10.1. The largest absolute Gasteiger partial charge is 0.334 e. The molecule has 0 fully saturated rings. The molecule has 0 aliphatic carbocycles. The molecule has 2 aromatic heterocycles. The van der Waals surface area contributed by atoms with Gasteiger partial charge in [0.2, 0.25) is 0 Å². The minimum atomic E-state index is -0.249. The number of imidazole rings is 1. The van der Waals surface area contributed by atoms with Crippen LogP contribution in [0, 0.1) is 0 Å². The van der Waals surface area contributed by atoms with Crippen LogP contribution in [0.15, 0.2) is 30.7 Å². The Bertz CT molecular complexity index is 490. The van der Waals surface area contributed by atoms with Crippen molar-refractivity contribution in [2.45, 2.75) is 32.9 Å². The molecule has 17 heavy (non-hydrogen) atoms. The number of nitrogens with zero attached hydrogens (tertiary/aromatic N) is 3. The molecule has 90 valence electrons. The summed E-state index contributed by atoms with van der Waals surface area (Å²) >= 11 is 0. The van der Waals surface area contributed by atoms with Gasteiger partial charge in [-0.25, -0.2) is 4.98 Å². The summed E-state index contributed by atoms with van der Waals surface area (Å²) in [5, 5.41) is 0. The van der Waals surface area contributed by atoms with Crippen LogP contribution in [0.1, 0.15) is 37.0 Å². The molecule has 0 saturated carbocycles. The van der Waals surface area contributed by atoms with Crippen molar-refractivity contribution in [3.63, 3.8) is 0 Å². The summed E-state index contributed by atoms with van der Waals surface area (Å²) in [6, 6.07) is 3.77. The number of pyridine rings is 1. The van der Waals surface area contributed by atoms with Crippen molar-refractivity contribution in [2.75, 3.05) is 0 Å². The highest BCUT2D eigenvalue weighted by atomic mass is 15.1. The summed E-state index contributed by atoms with van der Waals surface area (Å²) in [7, 11) is 0. The van der Waals surface area contributed by atoms with Crippen LogP contribution in [0.4, 0.5) is 0 Å². The zero-order valence-electron chi connectivity index (χ0n) is 10.3. The van der Waals surface area contributed by atoms with Gasteiger partial charge >= 0.3 is 0 Å². The Morgan fingerprint density at radius 3 is 2.82 bits per heavy atom. The van der Waals surface area contributed by atoms with Crippen LogP contribution in [0.3, 0.4) is 0 Å². The number of aromatic nitrogens is 3. The van der Waals surface area contributed by atoms with E-state index in [9.17, 15) is 0 Å². The van der Waals surface area contributed by atoms with Gasteiger partial charge in [-0.2, -0.15) is 0 Å². The molecule has 2 N–H and O–H groups in total. The Morgan fingerprint density at radius 2 is 2.12 bits per heavy atom. The predicted molar refractivity (Wildman–Crippen MR) is 67.5 cm³/mol. The predicted octanol–water partition coefficient (Wildman–Crippen LogP) is 1.91. The summed E-state index contributed by atoms with van der Waals surface area (Å²) in [5.74, 6) is 0.876. The maximum atomic E-state index is 6.27. The standard InChI is InChI=1S/C13H18N4/c1-3-10-6-5-7-15-12(10)11(14)13-16-8-9-17(13)4-2/h5-9,11H,3-4,14H2,1-2H3. The van der Waals surface area contributed by atoms with Crippen molar-refractivity contribution in [1.82, 2.24) is 14.5 Å². The van der Waals surface area contributed by atoms with Crippen LogP contribution in [-0.4, -0.2) is 14.5 Å². The summed E-state index contributed by atoms with van der Waals surface area (Å²) in [4.78, 5) is 8.74. The van der Waals surface area contributed by atoms with Crippen molar-refractivity contribution in [1.29, 1.82) is 0 Å². The maximum Gasteiger partial charge on any atom is 0.131 e. The highest BCUT2D eigenvalue weighted by molar-refractivity contribution is 5.27. The second-order valence-electron chi connectivity index (χ2n) is 3.95. The third-order valence-corrected chi connectivity index (χ3v) is 2.97. The van der Waals surface area contributed by atoms with Crippen molar-refractivity contribution >= 4 is 0 Å². The molecule has 0 spiro atoms. The number of rotatable bonds is 4. The first kappa shape index (κ1) is 11.8. The van der Waals surface area contributed by atoms with Gasteiger partial charge in [-0.1, -0.05) is 13.0 Å². The fourth-order valence-corrected chi connectivity index (χ4v) is 2.02. The Labute approximate surface area is 102 Å². The van der Waals surface area contributed by atoms with Crippen molar-refractivity contribution in [3.8, 4) is 0 Å². The van der Waals surface area contributed by atoms with Crippen LogP contribution >= 0.6 is 0 Å². The third-order valence-electron chi connectivity index (χ3n) is 2.97. The summed E-state index contributed by atoms with van der Waals surface area (Å²) in [6.45, 7) is 5.06. The molecular weight excluding hydrogens is 212 g/mol. The van der Waals surface area contributed by atoms with Gasteiger partial charge in [0.25, 0.3) is 0 Å². The first-order valence-corrected chi connectivity index (χ1v) is 5.98. The maximum absolute atomic E-state index is 6.27. The third kappa shape index (κ3) is 2.22. The molecule has 0 saturated heterocycles. The van der Waals surface area contributed by atoms with Gasteiger partial charge in [-0.15, -0.1) is 0 Å². The highest BCUT2D eigenvalue weighted by Gasteiger charge is 2.17. The van der Waals surface area contributed by atoms with Gasteiger partial charge in [0, 0.05) is 25.1 Å². The molecule has 0 bridgehead atoms. The minimum Gasteiger partial charge on any atom is -0.334 e. The zero-order chi connectivity index (χ0) is 12.3. The highest BCUT2D eigenvalue weighted by Crippen LogP contribution is 2.20. The van der Waals surface area contributed by atoms with E-state index in [1.54, 1.807) is 12.4 Å². The molecule has 0 radical (unpaired) electrons. The summed E-state index contributed by atoms with van der Waals surface area (Å²) in [6.07, 6.45) is 6.45. The van der Waals surface area contributed by atoms with Crippen LogP contribution in [0.2, 0.25) is 0 Å². The van der Waals surface area contributed by atoms with E-state index in [2.05, 4.69) is 34.4 Å². The number of nitrogens with two attached hydrogens (primary N) is 1. The molecule has 0 aliphatic rings. The first-order chi connectivity index (χ1) is 8.27. The molecule has 4 heteroatoms. The Morgan fingerprint density at radius 1 is 1.29 bits per heavy atom. The first-order valence-electron chi connectivity index (χ1n) is 5.98. The molecule has 1 unspecified atom stereocenters. The molecule has 1 atom stereocenters. The van der Waals surface area contributed by atoms with Crippen molar-refractivity contribution in [3.05, 3.63) is 47.8 Å². The average Bonchev–Trinajstić information content (AvgIpc) is 2.86. The molecule has 0 amide bonds. The SMILES string of the molecule is CCc1cccnc1C(N)c1nccn1CC. The van der Waals surface area contributed by atoms with Gasteiger partial charge in [-0.05, 0) is 25.0 Å². The zero-order valence-corrected chi connectivity index (χ0v) is 10.3. The number of hydrogen-bond donors (Lipinski definition) is 1. The van der Waals surface area contributed by atoms with Gasteiger partial charge in [-0.3, -0.25) is 4.98 Å². The van der Waals surface area contributed by atoms with Crippen LogP contribution in [0.25, 0.3) is 0 Å². The number of hydrogen-bond acceptors (Lipinski definition) is 3. The van der Waals surface area contributed by atoms with E-state index in [-0.39, 0.29) is 6.04 Å². The lowest BCUT2D eigenvalue weighted by Gasteiger charge is -2.15. The topological polar surface area (TPSA) is 56.7 Å².